The van der Waals surface area contributed by atoms with E-state index in [4.69, 9.17) is 18.9 Å². The number of nitrogens with zero attached hydrogens (tertiary/aromatic N) is 1. The molecule has 9 heteroatoms. The van der Waals surface area contributed by atoms with Crippen molar-refractivity contribution in [3.05, 3.63) is 56.1 Å². The lowest BCUT2D eigenvalue weighted by molar-refractivity contribution is -0.134. The number of esters is 2. The molecule has 0 saturated carbocycles. The Balaban J connectivity index is 2.00. The van der Waals surface area contributed by atoms with Crippen LogP contribution in [-0.2, 0) is 14.3 Å². The number of hydrogen-bond donors (Lipinski definition) is 0. The Hall–Kier alpha value is -2.65. The van der Waals surface area contributed by atoms with Crippen LogP contribution in [0.4, 0.5) is 0 Å². The second-order valence-electron chi connectivity index (χ2n) is 6.50. The van der Waals surface area contributed by atoms with Crippen molar-refractivity contribution in [2.24, 2.45) is 4.99 Å². The highest BCUT2D eigenvalue weighted by molar-refractivity contribution is 9.11. The molecule has 7 nitrogen and oxygen atoms in total. The average Bonchev–Trinajstić information content (AvgIpc) is 3.12. The second-order valence-corrected chi connectivity index (χ2v) is 8.27. The summed E-state index contributed by atoms with van der Waals surface area (Å²) in [4.78, 5) is 28.7. The molecule has 0 aliphatic carbocycles. The van der Waals surface area contributed by atoms with Crippen LogP contribution < -0.4 is 14.2 Å². The minimum atomic E-state index is -0.615. The number of cyclic esters (lactones) is 1. The van der Waals surface area contributed by atoms with Crippen LogP contribution in [-0.4, -0.2) is 31.1 Å². The number of hydrogen-bond acceptors (Lipinski definition) is 7. The van der Waals surface area contributed by atoms with Crippen LogP contribution in [0.1, 0.15) is 38.3 Å². The SMILES string of the molecule is CCOc1ccc(C2=N/C(=C\c3cc(Br)cc(Br)c3OC(=O)CC)C(=O)O2)cc1OCC. The Labute approximate surface area is 202 Å². The van der Waals surface area contributed by atoms with E-state index in [9.17, 15) is 9.59 Å². The molecule has 168 valence electrons. The van der Waals surface area contributed by atoms with E-state index in [2.05, 4.69) is 36.9 Å². The molecule has 0 saturated heterocycles. The van der Waals surface area contributed by atoms with Gasteiger partial charge in [-0.25, -0.2) is 9.79 Å². The van der Waals surface area contributed by atoms with Crippen molar-refractivity contribution in [3.63, 3.8) is 0 Å². The Bertz CT molecular complexity index is 1110. The van der Waals surface area contributed by atoms with Gasteiger partial charge in [0.1, 0.15) is 0 Å². The van der Waals surface area contributed by atoms with Crippen molar-refractivity contribution in [2.45, 2.75) is 27.2 Å². The Morgan fingerprint density at radius 1 is 1.06 bits per heavy atom. The van der Waals surface area contributed by atoms with Crippen LogP contribution in [0.5, 0.6) is 17.2 Å². The van der Waals surface area contributed by atoms with Crippen LogP contribution in [0.2, 0.25) is 0 Å². The Morgan fingerprint density at radius 2 is 1.78 bits per heavy atom. The first kappa shape index (κ1) is 24.0. The maximum Gasteiger partial charge on any atom is 0.363 e. The third kappa shape index (κ3) is 5.58. The van der Waals surface area contributed by atoms with Gasteiger partial charge in [0.2, 0.25) is 5.90 Å². The molecule has 2 aromatic carbocycles. The lowest BCUT2D eigenvalue weighted by Crippen LogP contribution is -2.08. The van der Waals surface area contributed by atoms with E-state index in [0.29, 0.717) is 46.1 Å². The van der Waals surface area contributed by atoms with E-state index < -0.39 is 11.9 Å². The smallest absolute Gasteiger partial charge is 0.363 e. The zero-order chi connectivity index (χ0) is 23.3. The fraction of sp³-hybridized carbons (Fsp3) is 0.261. The molecule has 0 amide bonds. The van der Waals surface area contributed by atoms with Crippen molar-refractivity contribution < 1.29 is 28.5 Å². The lowest BCUT2D eigenvalue weighted by atomic mass is 10.1. The molecule has 0 radical (unpaired) electrons. The van der Waals surface area contributed by atoms with Crippen LogP contribution in [0.3, 0.4) is 0 Å². The second kappa shape index (κ2) is 10.8. The molecule has 1 aliphatic heterocycles. The topological polar surface area (TPSA) is 83.4 Å². The molecule has 32 heavy (non-hydrogen) atoms. The first-order chi connectivity index (χ1) is 15.4. The Kier molecular flexibility index (Phi) is 8.09. The maximum atomic E-state index is 12.5. The van der Waals surface area contributed by atoms with Crippen molar-refractivity contribution in [2.75, 3.05) is 13.2 Å². The highest BCUT2D eigenvalue weighted by Crippen LogP contribution is 2.36. The third-order valence-corrected chi connectivity index (χ3v) is 5.29. The molecule has 0 atom stereocenters. The summed E-state index contributed by atoms with van der Waals surface area (Å²) < 4.78 is 23.3. The number of rotatable bonds is 8. The molecule has 0 aromatic heterocycles. The summed E-state index contributed by atoms with van der Waals surface area (Å²) in [5, 5.41) is 0. The van der Waals surface area contributed by atoms with Gasteiger partial charge in [0.15, 0.2) is 22.9 Å². The zero-order valence-corrected chi connectivity index (χ0v) is 20.9. The fourth-order valence-corrected chi connectivity index (χ4v) is 4.18. The van der Waals surface area contributed by atoms with Crippen LogP contribution >= 0.6 is 31.9 Å². The summed E-state index contributed by atoms with van der Waals surface area (Å²) in [6.45, 7) is 6.41. The van der Waals surface area contributed by atoms with Crippen LogP contribution in [0.15, 0.2) is 50.0 Å². The van der Waals surface area contributed by atoms with E-state index in [1.807, 2.05) is 13.8 Å². The molecule has 1 aliphatic rings. The standard InChI is InChI=1S/C23H21Br2NO6/c1-4-20(27)31-21-14(9-15(24)12-16(21)25)10-17-23(28)32-22(26-17)13-7-8-18(29-5-2)19(11-13)30-6-3/h7-12H,4-6H2,1-3H3/b17-10-. The first-order valence-electron chi connectivity index (χ1n) is 9.98. The number of carbonyl (C=O) groups excluding carboxylic acids is 2. The van der Waals surface area contributed by atoms with E-state index in [1.165, 1.54) is 6.08 Å². The molecule has 2 aromatic rings. The summed E-state index contributed by atoms with van der Waals surface area (Å²) in [7, 11) is 0. The average molecular weight is 567 g/mol. The quantitative estimate of drug-likeness (QED) is 0.232. The van der Waals surface area contributed by atoms with Gasteiger partial charge in [0.25, 0.3) is 0 Å². The van der Waals surface area contributed by atoms with E-state index in [-0.39, 0.29) is 18.0 Å². The summed E-state index contributed by atoms with van der Waals surface area (Å²) in [6.07, 6.45) is 1.73. The van der Waals surface area contributed by atoms with E-state index in [1.54, 1.807) is 37.3 Å². The molecule has 0 N–H and O–H groups in total. The summed E-state index contributed by atoms with van der Waals surface area (Å²) in [5.74, 6) is 0.558. The molecule has 0 bridgehead atoms. The lowest BCUT2D eigenvalue weighted by Gasteiger charge is -2.11. The normalized spacial score (nSPS) is 14.2. The molecule has 0 unspecified atom stereocenters. The van der Waals surface area contributed by atoms with E-state index in [0.717, 1.165) is 4.47 Å². The van der Waals surface area contributed by atoms with Gasteiger partial charge in [0.05, 0.1) is 17.7 Å². The summed E-state index contributed by atoms with van der Waals surface area (Å²) in [6, 6.07) is 8.67. The van der Waals surface area contributed by atoms with Crippen LogP contribution in [0, 0.1) is 0 Å². The third-order valence-electron chi connectivity index (χ3n) is 4.24. The number of benzene rings is 2. The predicted molar refractivity (Wildman–Crippen MR) is 127 cm³/mol. The zero-order valence-electron chi connectivity index (χ0n) is 17.7. The fourth-order valence-electron chi connectivity index (χ4n) is 2.85. The molecular weight excluding hydrogens is 546 g/mol. The van der Waals surface area contributed by atoms with E-state index >= 15 is 0 Å². The number of carbonyl (C=O) groups is 2. The molecule has 0 fully saturated rings. The first-order valence-corrected chi connectivity index (χ1v) is 11.6. The van der Waals surface area contributed by atoms with Gasteiger partial charge in [-0.05, 0) is 66.2 Å². The van der Waals surface area contributed by atoms with Gasteiger partial charge >= 0.3 is 11.9 Å². The number of halogens is 2. The van der Waals surface area contributed by atoms with Crippen molar-refractivity contribution in [1.82, 2.24) is 0 Å². The van der Waals surface area contributed by atoms with Crippen molar-refractivity contribution in [1.29, 1.82) is 0 Å². The number of ether oxygens (including phenoxy) is 4. The van der Waals surface area contributed by atoms with Crippen molar-refractivity contribution >= 4 is 55.8 Å². The largest absolute Gasteiger partial charge is 0.490 e. The van der Waals surface area contributed by atoms with Gasteiger partial charge in [-0.15, -0.1) is 0 Å². The van der Waals surface area contributed by atoms with Gasteiger partial charge in [-0.1, -0.05) is 22.9 Å². The number of aliphatic imine (C=N–C) groups is 1. The minimum absolute atomic E-state index is 0.0747. The highest BCUT2D eigenvalue weighted by Gasteiger charge is 2.26. The molecule has 0 spiro atoms. The molecular formula is C23H21Br2NO6. The molecule has 3 rings (SSSR count). The van der Waals surface area contributed by atoms with Crippen molar-refractivity contribution in [3.8, 4) is 17.2 Å². The summed E-state index contributed by atoms with van der Waals surface area (Å²) in [5.41, 5.74) is 1.14. The summed E-state index contributed by atoms with van der Waals surface area (Å²) >= 11 is 6.80. The van der Waals surface area contributed by atoms with Crippen LogP contribution in [0.25, 0.3) is 6.08 Å². The highest BCUT2D eigenvalue weighted by atomic mass is 79.9. The monoisotopic (exact) mass is 565 g/mol. The minimum Gasteiger partial charge on any atom is -0.490 e. The van der Waals surface area contributed by atoms with Gasteiger partial charge in [0, 0.05) is 22.0 Å². The van der Waals surface area contributed by atoms with Gasteiger partial charge in [-0.2, -0.15) is 0 Å². The molecule has 1 heterocycles. The van der Waals surface area contributed by atoms with Gasteiger partial charge in [-0.3, -0.25) is 4.79 Å². The van der Waals surface area contributed by atoms with Gasteiger partial charge < -0.3 is 18.9 Å². The maximum absolute atomic E-state index is 12.5. The Morgan fingerprint density at radius 3 is 2.47 bits per heavy atom. The predicted octanol–water partition coefficient (Wildman–Crippen LogP) is 5.67.